The lowest BCUT2D eigenvalue weighted by Gasteiger charge is -2.38. The van der Waals surface area contributed by atoms with Gasteiger partial charge in [0.2, 0.25) is 0 Å². The molecule has 7 nitrogen and oxygen atoms in total. The fourth-order valence-corrected chi connectivity index (χ4v) is 2.41. The Labute approximate surface area is 117 Å². The number of aliphatic hydroxyl groups is 1. The summed E-state index contributed by atoms with van der Waals surface area (Å²) < 4.78 is 10.6. The first-order valence-electron chi connectivity index (χ1n) is 6.68. The van der Waals surface area contributed by atoms with Crippen LogP contribution in [0.15, 0.2) is 6.20 Å². The van der Waals surface area contributed by atoms with E-state index in [1.54, 1.807) is 7.05 Å². The second-order valence-electron chi connectivity index (χ2n) is 4.90. The molecule has 2 N–H and O–H groups in total. The van der Waals surface area contributed by atoms with E-state index in [9.17, 15) is 9.90 Å². The van der Waals surface area contributed by atoms with Crippen LogP contribution in [0.3, 0.4) is 0 Å². The zero-order chi connectivity index (χ0) is 14.7. The van der Waals surface area contributed by atoms with E-state index in [-0.39, 0.29) is 5.91 Å². The Morgan fingerprint density at radius 2 is 2.40 bits per heavy atom. The number of likely N-dealkylation sites (N-methyl/N-ethyl adjacent to an activating group) is 1. The average Bonchev–Trinajstić information content (AvgIpc) is 2.94. The average molecular weight is 283 g/mol. The largest absolute Gasteiger partial charge is 0.388 e. The Bertz CT molecular complexity index is 462. The zero-order valence-corrected chi connectivity index (χ0v) is 12.0. The molecule has 0 aliphatic carbocycles. The third kappa shape index (κ3) is 2.70. The van der Waals surface area contributed by atoms with Crippen molar-refractivity contribution in [3.63, 3.8) is 0 Å². The van der Waals surface area contributed by atoms with Gasteiger partial charge in [-0.25, -0.2) is 0 Å². The predicted molar refractivity (Wildman–Crippen MR) is 71.5 cm³/mol. The predicted octanol–water partition coefficient (Wildman–Crippen LogP) is -0.181. The minimum atomic E-state index is -0.764. The lowest BCUT2D eigenvalue weighted by atomic mass is 10.0. The highest BCUT2D eigenvalue weighted by Crippen LogP contribution is 2.19. The second-order valence-corrected chi connectivity index (χ2v) is 4.90. The molecule has 1 aliphatic rings. The van der Waals surface area contributed by atoms with Crippen molar-refractivity contribution in [2.75, 3.05) is 27.4 Å². The van der Waals surface area contributed by atoms with Crippen molar-refractivity contribution in [3.05, 3.63) is 17.5 Å². The summed E-state index contributed by atoms with van der Waals surface area (Å²) in [6.07, 6.45) is 1.03. The van der Waals surface area contributed by atoms with E-state index < -0.39 is 18.2 Å². The molecule has 1 saturated heterocycles. The molecule has 0 aromatic carbocycles. The third-order valence-corrected chi connectivity index (χ3v) is 3.77. The van der Waals surface area contributed by atoms with Gasteiger partial charge in [0.05, 0.1) is 31.0 Å². The van der Waals surface area contributed by atoms with Crippen LogP contribution >= 0.6 is 0 Å². The summed E-state index contributed by atoms with van der Waals surface area (Å²) in [5, 5.41) is 17.0. The maximum atomic E-state index is 12.5. The highest BCUT2D eigenvalue weighted by atomic mass is 16.5. The molecule has 20 heavy (non-hydrogen) atoms. The number of nitrogens with one attached hydrogen (secondary N) is 1. The minimum absolute atomic E-state index is 0.181. The summed E-state index contributed by atoms with van der Waals surface area (Å²) in [5.74, 6) is -0.181. The van der Waals surface area contributed by atoms with Crippen LogP contribution in [0.1, 0.15) is 23.0 Å². The van der Waals surface area contributed by atoms with Crippen LogP contribution in [-0.4, -0.2) is 71.7 Å². The Morgan fingerprint density at radius 3 is 3.05 bits per heavy atom. The SMILES string of the molecule is CCc1[nH]ncc1C(=O)N(C)[C@@H]1COC[C@@H](OC)[C@H]1O. The number of amides is 1. The van der Waals surface area contributed by atoms with Crippen molar-refractivity contribution in [3.8, 4) is 0 Å². The maximum absolute atomic E-state index is 12.5. The van der Waals surface area contributed by atoms with Crippen molar-refractivity contribution in [1.29, 1.82) is 0 Å². The molecule has 0 saturated carbocycles. The summed E-state index contributed by atoms with van der Waals surface area (Å²) in [7, 11) is 3.18. The first-order valence-corrected chi connectivity index (χ1v) is 6.68. The van der Waals surface area contributed by atoms with E-state index >= 15 is 0 Å². The minimum Gasteiger partial charge on any atom is -0.388 e. The van der Waals surface area contributed by atoms with Crippen molar-refractivity contribution >= 4 is 5.91 Å². The molecule has 0 spiro atoms. The van der Waals surface area contributed by atoms with Crippen LogP contribution in [-0.2, 0) is 15.9 Å². The molecule has 1 amide bonds. The Kier molecular flexibility index (Phi) is 4.74. The molecule has 3 atom stereocenters. The Balaban J connectivity index is 2.14. The van der Waals surface area contributed by atoms with Crippen LogP contribution in [0.5, 0.6) is 0 Å². The smallest absolute Gasteiger partial charge is 0.257 e. The van der Waals surface area contributed by atoms with Gasteiger partial charge in [0, 0.05) is 19.9 Å². The zero-order valence-electron chi connectivity index (χ0n) is 12.0. The van der Waals surface area contributed by atoms with Gasteiger partial charge in [0.1, 0.15) is 12.2 Å². The van der Waals surface area contributed by atoms with Gasteiger partial charge < -0.3 is 19.5 Å². The van der Waals surface area contributed by atoms with Crippen LogP contribution in [0.2, 0.25) is 0 Å². The van der Waals surface area contributed by atoms with Gasteiger partial charge in [0.25, 0.3) is 5.91 Å². The normalized spacial score (nSPS) is 26.5. The van der Waals surface area contributed by atoms with Gasteiger partial charge in [-0.2, -0.15) is 5.10 Å². The van der Waals surface area contributed by atoms with Gasteiger partial charge in [-0.15, -0.1) is 0 Å². The molecule has 7 heteroatoms. The van der Waals surface area contributed by atoms with E-state index in [1.165, 1.54) is 18.2 Å². The summed E-state index contributed by atoms with van der Waals surface area (Å²) in [5.41, 5.74) is 1.32. The van der Waals surface area contributed by atoms with Gasteiger partial charge in [-0.1, -0.05) is 6.92 Å². The molecule has 0 unspecified atom stereocenters. The Hall–Kier alpha value is -1.44. The second kappa shape index (κ2) is 6.34. The molecule has 112 valence electrons. The fraction of sp³-hybridized carbons (Fsp3) is 0.692. The molecule has 1 aliphatic heterocycles. The highest BCUT2D eigenvalue weighted by molar-refractivity contribution is 5.95. The lowest BCUT2D eigenvalue weighted by molar-refractivity contribution is -0.135. The number of nitrogens with zero attached hydrogens (tertiary/aromatic N) is 2. The standard InChI is InChI=1S/C13H21N3O4/c1-4-9-8(5-14-15-9)13(18)16(2)10-6-20-7-11(19-3)12(10)17/h5,10-12,17H,4,6-7H2,1-3H3,(H,14,15)/t10-,11-,12+/m1/s1. The van der Waals surface area contributed by atoms with E-state index in [1.807, 2.05) is 6.92 Å². The molecule has 2 heterocycles. The number of carbonyl (C=O) groups is 1. The topological polar surface area (TPSA) is 87.7 Å². The molecular formula is C13H21N3O4. The highest BCUT2D eigenvalue weighted by Gasteiger charge is 2.37. The number of ether oxygens (including phenoxy) is 2. The third-order valence-electron chi connectivity index (χ3n) is 3.77. The monoisotopic (exact) mass is 283 g/mol. The number of aromatic nitrogens is 2. The number of aromatic amines is 1. The van der Waals surface area contributed by atoms with E-state index in [0.29, 0.717) is 25.2 Å². The number of aliphatic hydroxyl groups excluding tert-OH is 1. The van der Waals surface area contributed by atoms with Gasteiger partial charge in [-0.3, -0.25) is 9.89 Å². The summed E-state index contributed by atoms with van der Waals surface area (Å²) in [4.78, 5) is 14.0. The van der Waals surface area contributed by atoms with E-state index in [0.717, 1.165) is 5.69 Å². The first kappa shape index (κ1) is 15.0. The maximum Gasteiger partial charge on any atom is 0.257 e. The molecule has 0 radical (unpaired) electrons. The summed E-state index contributed by atoms with van der Waals surface area (Å²) in [6, 6.07) is -0.430. The van der Waals surface area contributed by atoms with Gasteiger partial charge in [-0.05, 0) is 6.42 Å². The van der Waals surface area contributed by atoms with E-state index in [4.69, 9.17) is 9.47 Å². The number of H-pyrrole nitrogens is 1. The molecular weight excluding hydrogens is 262 g/mol. The number of methoxy groups -OCH3 is 1. The first-order chi connectivity index (χ1) is 9.60. The number of hydrogen-bond acceptors (Lipinski definition) is 5. The lowest BCUT2D eigenvalue weighted by Crippen LogP contribution is -2.56. The van der Waals surface area contributed by atoms with Crippen LogP contribution < -0.4 is 0 Å². The number of rotatable bonds is 4. The molecule has 1 aromatic heterocycles. The summed E-state index contributed by atoms with van der Waals surface area (Å²) in [6.45, 7) is 2.58. The van der Waals surface area contributed by atoms with Gasteiger partial charge >= 0.3 is 0 Å². The quantitative estimate of drug-likeness (QED) is 0.800. The van der Waals surface area contributed by atoms with Crippen LogP contribution in [0.25, 0.3) is 0 Å². The van der Waals surface area contributed by atoms with Crippen molar-refractivity contribution in [1.82, 2.24) is 15.1 Å². The van der Waals surface area contributed by atoms with Crippen LogP contribution in [0.4, 0.5) is 0 Å². The molecule has 2 rings (SSSR count). The number of hydrogen-bond donors (Lipinski definition) is 2. The van der Waals surface area contributed by atoms with E-state index in [2.05, 4.69) is 10.2 Å². The molecule has 0 bridgehead atoms. The van der Waals surface area contributed by atoms with Crippen molar-refractivity contribution < 1.29 is 19.4 Å². The van der Waals surface area contributed by atoms with Crippen molar-refractivity contribution in [2.45, 2.75) is 31.6 Å². The molecule has 1 fully saturated rings. The molecule has 1 aromatic rings. The Morgan fingerprint density at radius 1 is 1.65 bits per heavy atom. The van der Waals surface area contributed by atoms with Gasteiger partial charge in [0.15, 0.2) is 0 Å². The summed E-state index contributed by atoms with van der Waals surface area (Å²) >= 11 is 0. The number of carbonyl (C=O) groups excluding carboxylic acids is 1. The van der Waals surface area contributed by atoms with Crippen LogP contribution in [0, 0.1) is 0 Å². The number of aryl methyl sites for hydroxylation is 1. The fourth-order valence-electron chi connectivity index (χ4n) is 2.41. The van der Waals surface area contributed by atoms with Crippen molar-refractivity contribution in [2.24, 2.45) is 0 Å².